The molecule has 0 fully saturated rings. The summed E-state index contributed by atoms with van der Waals surface area (Å²) in [5.41, 5.74) is 23.5. The Labute approximate surface area is 818 Å². The first-order valence-electron chi connectivity index (χ1n) is 40.2. The Morgan fingerprint density at radius 2 is 0.773 bits per heavy atom. The van der Waals surface area contributed by atoms with E-state index in [4.69, 9.17) is 5.11 Å². The van der Waals surface area contributed by atoms with Crippen LogP contribution in [0.4, 0.5) is 20.2 Å². The average Bonchev–Trinajstić information content (AvgIpc) is 0.728. The number of halogens is 2. The maximum absolute atomic E-state index is 14.4. The number of benzene rings is 10. The quantitative estimate of drug-likeness (QED) is 0.0634. The fourth-order valence-electron chi connectivity index (χ4n) is 15.4. The number of alkyl halides is 1. The van der Waals surface area contributed by atoms with Gasteiger partial charge in [0.2, 0.25) is 8.46 Å². The van der Waals surface area contributed by atoms with Gasteiger partial charge in [-0.3, -0.25) is 19.3 Å². The van der Waals surface area contributed by atoms with E-state index in [1.807, 2.05) is 192 Å². The smallest absolute Gasteiger partial charge is 0.211 e. The Morgan fingerprint density at radius 3 is 1.17 bits per heavy atom. The molecule has 20 rings (SSSR count). The van der Waals surface area contributed by atoms with Crippen molar-refractivity contribution in [2.45, 2.75) is 78.3 Å². The van der Waals surface area contributed by atoms with Crippen LogP contribution < -0.4 is 15.2 Å². The fraction of sp³-hybridized carbons (Fsp3) is 0.148. The molecule has 0 saturated heterocycles. The van der Waals surface area contributed by atoms with Crippen LogP contribution in [0.2, 0.25) is 0 Å². The molecule has 10 aromatic carbocycles. The number of aromatic nitrogens is 7. The normalized spacial score (nSPS) is 12.1. The molecule has 1 N–H and O–H groups in total. The van der Waals surface area contributed by atoms with Crippen LogP contribution in [-0.2, 0) is 133 Å². The predicted molar refractivity (Wildman–Crippen MR) is 496 cm³/mol. The minimum absolute atomic E-state index is 0. The molecule has 7 heterocycles. The van der Waals surface area contributed by atoms with E-state index in [0.717, 1.165) is 107 Å². The van der Waals surface area contributed by atoms with Crippen LogP contribution in [0.3, 0.4) is 0 Å². The largest absolute Gasteiger partial charge is 0.512 e. The molecule has 3 aliphatic rings. The summed E-state index contributed by atoms with van der Waals surface area (Å²) in [4.78, 5) is 44.8. The molecule has 12 nitrogen and oxygen atoms in total. The van der Waals surface area contributed by atoms with Crippen LogP contribution >= 0.6 is 8.46 Å². The third-order valence-electron chi connectivity index (χ3n) is 21.4. The number of aliphatic hydroxyl groups excluding tert-OH is 1. The van der Waals surface area contributed by atoms with Crippen LogP contribution in [0.15, 0.2) is 322 Å². The summed E-state index contributed by atoms with van der Waals surface area (Å²) < 4.78 is 37.4. The van der Waals surface area contributed by atoms with E-state index < -0.39 is 6.67 Å². The number of hydrogen-bond donors (Lipinski definition) is 1. The molecule has 0 bridgehead atoms. The van der Waals surface area contributed by atoms with Gasteiger partial charge in [0, 0.05) is 172 Å². The summed E-state index contributed by atoms with van der Waals surface area (Å²) in [5.74, 6) is -0.246. The monoisotopic (exact) mass is 2600 g/mol. The van der Waals surface area contributed by atoms with Crippen molar-refractivity contribution in [1.82, 2.24) is 34.9 Å². The summed E-state index contributed by atoms with van der Waals surface area (Å²) in [6, 6.07) is 113. The zero-order valence-electron chi connectivity index (χ0n) is 72.4. The first-order chi connectivity index (χ1) is 59.5. The molecule has 20 heteroatoms. The van der Waals surface area contributed by atoms with E-state index in [2.05, 4.69) is 226 Å². The predicted octanol–water partition coefficient (Wildman–Crippen LogP) is 24.9. The first kappa shape index (κ1) is 102. The number of fused-ring (bicyclic) bond motifs is 6. The molecule has 0 aliphatic heterocycles. The number of anilines is 2. The van der Waals surface area contributed by atoms with Crippen molar-refractivity contribution in [3.63, 3.8) is 0 Å². The Balaban J connectivity index is 0.000000182. The number of aliphatic hydroxyl groups is 1. The van der Waals surface area contributed by atoms with Crippen molar-refractivity contribution < 1.29 is 124 Å². The van der Waals surface area contributed by atoms with Crippen molar-refractivity contribution >= 4 is 63.4 Å². The number of pyridine rings is 7. The third-order valence-corrected chi connectivity index (χ3v) is 21.8. The molecule has 0 unspecified atom stereocenters. The second kappa shape index (κ2) is 47.4. The molecule has 0 amide bonds. The number of hydrogen-bond acceptors (Lipinski definition) is 12. The second-order valence-corrected chi connectivity index (χ2v) is 31.9. The standard InChI is InChI=1S/C18H13FN.2C18H14N.2C13H13N2.C12H9FN.C11H7NOP.C5H8O2.5Ir/c1-18(2)13-7-3-5-11-9-10-20-17(15(11)13)12-6-4-8-14(19)16(12)18;2*1-18(2)14-8-4-3-7-13(14)17-16-12(10-11-19-17)6-5-9-15(16)18;2*1-15(2)12-7-5-6-11(10-12)13-8-3-4-9-14-13;13-9-11-7-4-8-12(14-11)10-5-2-1-3-6-10;13-14-11-8-4-7-10(12-11)9-5-2-1-3-6-9;1-4(6)3-5(2)7;;;;;/h3-5,7-10H,1-2H3;2*3-6,8-11H,1-2H3;2*3-5,7-10H,1-2H3;1-5,7-8H,9H2;1-5,7-8H;3,6H,1-2H3;;;;;/q7*-1;;;;;;. The van der Waals surface area contributed by atoms with Gasteiger partial charge in [-0.15, -0.1) is 226 Å². The molecule has 657 valence electrons. The SMILES string of the molecule is CC(=O)C=C(C)O.CC1(C)c2c([c-]ccc2F)-c2nccc3cccc1c23.CC1(C)c2ccc[c-]c2-c2nccc3cccc1c23.CC1(C)c2ccc[c-]c2-c2nccc3cccc1c23.CN(C)c1cc[c-]c(-c2ccccn2)c1.CN(C)c1cc[c-]c(-c2ccccn2)c1.FCc1cccc(-c2[c-]cccc2)n1.O=Pc1cccc(-c2[c-]cccc2)n1.[Ir].[Ir].[Ir].[Ir].[Ir]. The molecule has 3 aliphatic carbocycles. The number of ketones is 1. The van der Waals surface area contributed by atoms with Crippen molar-refractivity contribution in [2.24, 2.45) is 0 Å². The minimum atomic E-state index is -0.527. The molecule has 0 atom stereocenters. The molecule has 0 saturated carbocycles. The van der Waals surface area contributed by atoms with Gasteiger partial charge in [-0.25, -0.2) is 8.78 Å². The third kappa shape index (κ3) is 24.1. The molecular weight excluding hydrogens is 2500 g/mol. The van der Waals surface area contributed by atoms with Crippen LogP contribution in [-0.4, -0.2) is 74.0 Å². The molecule has 5 radical (unpaired) electrons. The van der Waals surface area contributed by atoms with Gasteiger partial charge in [-0.2, -0.15) is 0 Å². The van der Waals surface area contributed by atoms with Crippen LogP contribution in [0.5, 0.6) is 0 Å². The Kier molecular flexibility index (Phi) is 37.9. The second-order valence-electron chi connectivity index (χ2n) is 31.3. The van der Waals surface area contributed by atoms with E-state index in [-0.39, 0.29) is 143 Å². The number of carbonyl (C=O) groups excluding carboxylic acids is 1. The molecule has 17 aromatic rings. The summed E-state index contributed by atoms with van der Waals surface area (Å²) in [5, 5.41) is 15.7. The van der Waals surface area contributed by atoms with Gasteiger partial charge >= 0.3 is 0 Å². The number of carbonyl (C=O) groups is 1. The summed E-state index contributed by atoms with van der Waals surface area (Å²) >= 11 is 0. The van der Waals surface area contributed by atoms with Gasteiger partial charge in [0.1, 0.15) is 12.1 Å². The fourth-order valence-corrected chi connectivity index (χ4v) is 15.7. The van der Waals surface area contributed by atoms with Crippen molar-refractivity contribution in [3.8, 4) is 78.8 Å². The molecular formula is C108H91F2Ir5N9O3P-7. The van der Waals surface area contributed by atoms with Gasteiger partial charge < -0.3 is 39.8 Å². The Hall–Kier alpha value is -11.0. The number of allylic oxidation sites excluding steroid dienone is 2. The van der Waals surface area contributed by atoms with E-state index in [1.165, 1.54) is 69.8 Å². The van der Waals surface area contributed by atoms with Crippen LogP contribution in [0.1, 0.15) is 94.5 Å². The Bertz CT molecular complexity index is 6370. The minimum Gasteiger partial charge on any atom is -0.512 e. The van der Waals surface area contributed by atoms with Gasteiger partial charge in [-0.05, 0) is 173 Å². The van der Waals surface area contributed by atoms with Crippen molar-refractivity contribution in [3.05, 3.63) is 409 Å². The van der Waals surface area contributed by atoms with Gasteiger partial charge in [-0.1, -0.05) is 150 Å². The van der Waals surface area contributed by atoms with Crippen molar-refractivity contribution in [1.29, 1.82) is 0 Å². The maximum Gasteiger partial charge on any atom is 0.211 e. The first-order valence-corrected chi connectivity index (χ1v) is 41.0. The number of rotatable bonds is 9. The summed E-state index contributed by atoms with van der Waals surface area (Å²) in [6.07, 6.45) is 10.3. The zero-order valence-corrected chi connectivity index (χ0v) is 85.3. The van der Waals surface area contributed by atoms with Gasteiger partial charge in [0.05, 0.1) is 11.5 Å². The van der Waals surface area contributed by atoms with E-state index in [9.17, 15) is 18.1 Å². The van der Waals surface area contributed by atoms with E-state index in [0.29, 0.717) is 16.7 Å². The molecule has 7 aromatic heterocycles. The maximum atomic E-state index is 14.4. The van der Waals surface area contributed by atoms with Crippen LogP contribution in [0.25, 0.3) is 111 Å². The molecule has 128 heavy (non-hydrogen) atoms. The average molecular weight is 2590 g/mol. The van der Waals surface area contributed by atoms with E-state index in [1.54, 1.807) is 42.9 Å². The van der Waals surface area contributed by atoms with Gasteiger partial charge in [0.15, 0.2) is 5.78 Å². The zero-order chi connectivity index (χ0) is 86.8. The van der Waals surface area contributed by atoms with Crippen LogP contribution in [0, 0.1) is 48.3 Å². The van der Waals surface area contributed by atoms with Gasteiger partial charge in [0.25, 0.3) is 0 Å². The molecule has 0 spiro atoms. The van der Waals surface area contributed by atoms with Crippen molar-refractivity contribution in [2.75, 3.05) is 38.0 Å². The number of nitrogens with zero attached hydrogens (tertiary/aromatic N) is 9. The summed E-state index contributed by atoms with van der Waals surface area (Å²) in [6.45, 7) is 15.6. The summed E-state index contributed by atoms with van der Waals surface area (Å²) in [7, 11) is 8.05. The topological polar surface area (TPSA) is 151 Å². The Morgan fingerprint density at radius 1 is 0.391 bits per heavy atom. The van der Waals surface area contributed by atoms with E-state index >= 15 is 0 Å².